The Morgan fingerprint density at radius 1 is 0.966 bits per heavy atom. The molecule has 3 rings (SSSR count). The van der Waals surface area contributed by atoms with Gasteiger partial charge in [0.2, 0.25) is 0 Å². The number of hydrogen-bond acceptors (Lipinski definition) is 3. The van der Waals surface area contributed by atoms with Crippen molar-refractivity contribution in [2.45, 2.75) is 24.8 Å². The highest BCUT2D eigenvalue weighted by Crippen LogP contribution is 2.20. The Morgan fingerprint density at radius 3 is 2.34 bits per heavy atom. The smallest absolute Gasteiger partial charge is 0.261 e. The summed E-state index contributed by atoms with van der Waals surface area (Å²) >= 11 is 0. The van der Waals surface area contributed by atoms with E-state index in [-0.39, 0.29) is 28.1 Å². The van der Waals surface area contributed by atoms with E-state index in [1.165, 1.54) is 30.3 Å². The maximum Gasteiger partial charge on any atom is 0.261 e. The van der Waals surface area contributed by atoms with Gasteiger partial charge < -0.3 is 5.32 Å². The first kappa shape index (κ1) is 20.5. The number of amides is 1. The molecular weight excluding hydrogens is 391 g/mol. The van der Waals surface area contributed by atoms with E-state index >= 15 is 0 Å². The quantitative estimate of drug-likeness (QED) is 0.629. The number of rotatable bonds is 6. The molecule has 0 aliphatic rings. The van der Waals surface area contributed by atoms with Gasteiger partial charge in [0.25, 0.3) is 15.9 Å². The summed E-state index contributed by atoms with van der Waals surface area (Å²) in [5.41, 5.74) is 2.50. The first-order chi connectivity index (χ1) is 13.8. The Kier molecular flexibility index (Phi) is 5.98. The van der Waals surface area contributed by atoms with Gasteiger partial charge in [0.1, 0.15) is 5.82 Å². The van der Waals surface area contributed by atoms with Crippen molar-refractivity contribution in [1.29, 1.82) is 0 Å². The Morgan fingerprint density at radius 2 is 1.66 bits per heavy atom. The van der Waals surface area contributed by atoms with Gasteiger partial charge in [-0.15, -0.1) is 0 Å². The van der Waals surface area contributed by atoms with Crippen LogP contribution in [0.5, 0.6) is 0 Å². The molecule has 0 fully saturated rings. The van der Waals surface area contributed by atoms with Crippen LogP contribution in [0.15, 0.2) is 77.7 Å². The summed E-state index contributed by atoms with van der Waals surface area (Å²) in [7, 11) is -3.92. The fraction of sp³-hybridized carbons (Fsp3) is 0.136. The minimum atomic E-state index is -3.92. The molecule has 0 aliphatic carbocycles. The highest BCUT2D eigenvalue weighted by molar-refractivity contribution is 7.92. The predicted octanol–water partition coefficient (Wildman–Crippen LogP) is 4.43. The van der Waals surface area contributed by atoms with Crippen molar-refractivity contribution in [2.75, 3.05) is 4.72 Å². The van der Waals surface area contributed by atoms with E-state index in [1.807, 2.05) is 38.1 Å². The van der Waals surface area contributed by atoms with Crippen LogP contribution in [0.2, 0.25) is 0 Å². The average molecular weight is 412 g/mol. The number of aryl methyl sites for hydroxylation is 1. The molecule has 5 nitrogen and oxygen atoms in total. The normalized spacial score (nSPS) is 12.2. The van der Waals surface area contributed by atoms with Crippen LogP contribution in [-0.4, -0.2) is 14.3 Å². The predicted molar refractivity (Wildman–Crippen MR) is 111 cm³/mol. The van der Waals surface area contributed by atoms with Gasteiger partial charge in [0.05, 0.1) is 10.9 Å². The molecule has 3 aromatic carbocycles. The average Bonchev–Trinajstić information content (AvgIpc) is 2.70. The van der Waals surface area contributed by atoms with Gasteiger partial charge in [-0.05, 0) is 67.4 Å². The molecule has 29 heavy (non-hydrogen) atoms. The van der Waals surface area contributed by atoms with E-state index in [0.717, 1.165) is 23.3 Å². The Bertz CT molecular complexity index is 1130. The number of hydrogen-bond donors (Lipinski definition) is 2. The minimum Gasteiger partial charge on any atom is -0.346 e. The van der Waals surface area contributed by atoms with Crippen molar-refractivity contribution >= 4 is 21.6 Å². The van der Waals surface area contributed by atoms with Gasteiger partial charge in [-0.1, -0.05) is 30.3 Å². The summed E-state index contributed by atoms with van der Waals surface area (Å²) in [6.07, 6.45) is 0. The van der Waals surface area contributed by atoms with Crippen molar-refractivity contribution in [1.82, 2.24) is 5.32 Å². The summed E-state index contributed by atoms with van der Waals surface area (Å²) in [6, 6.07) is 18.2. The number of sulfonamides is 1. The van der Waals surface area contributed by atoms with Crippen LogP contribution in [-0.2, 0) is 10.0 Å². The first-order valence-corrected chi connectivity index (χ1v) is 10.5. The minimum absolute atomic E-state index is 0.0574. The number of benzene rings is 3. The van der Waals surface area contributed by atoms with Crippen LogP contribution < -0.4 is 10.0 Å². The number of carbonyl (C=O) groups is 1. The van der Waals surface area contributed by atoms with Crippen molar-refractivity contribution in [3.63, 3.8) is 0 Å². The largest absolute Gasteiger partial charge is 0.346 e. The van der Waals surface area contributed by atoms with E-state index in [9.17, 15) is 17.6 Å². The fourth-order valence-corrected chi connectivity index (χ4v) is 4.07. The first-order valence-electron chi connectivity index (χ1n) is 9.01. The van der Waals surface area contributed by atoms with Crippen molar-refractivity contribution in [3.05, 3.63) is 95.3 Å². The summed E-state index contributed by atoms with van der Waals surface area (Å²) in [4.78, 5) is 12.6. The zero-order valence-corrected chi connectivity index (χ0v) is 16.8. The second-order valence-corrected chi connectivity index (χ2v) is 8.37. The van der Waals surface area contributed by atoms with Gasteiger partial charge >= 0.3 is 0 Å². The zero-order chi connectivity index (χ0) is 21.0. The lowest BCUT2D eigenvalue weighted by atomic mass is 10.0. The molecule has 0 heterocycles. The van der Waals surface area contributed by atoms with Gasteiger partial charge in [0, 0.05) is 11.3 Å². The maximum absolute atomic E-state index is 13.0. The monoisotopic (exact) mass is 412 g/mol. The van der Waals surface area contributed by atoms with E-state index in [2.05, 4.69) is 10.0 Å². The Labute approximate surface area is 169 Å². The van der Waals surface area contributed by atoms with Gasteiger partial charge in [0.15, 0.2) is 0 Å². The lowest BCUT2D eigenvalue weighted by Gasteiger charge is -2.17. The third kappa shape index (κ3) is 5.00. The summed E-state index contributed by atoms with van der Waals surface area (Å²) in [6.45, 7) is 3.84. The molecule has 7 heteroatoms. The molecular formula is C22H21FN2O3S. The molecule has 0 saturated carbocycles. The third-order valence-corrected chi connectivity index (χ3v) is 5.88. The summed E-state index contributed by atoms with van der Waals surface area (Å²) < 4.78 is 40.6. The van der Waals surface area contributed by atoms with Crippen molar-refractivity contribution in [2.24, 2.45) is 0 Å². The fourth-order valence-electron chi connectivity index (χ4n) is 2.97. The Balaban J connectivity index is 1.78. The van der Waals surface area contributed by atoms with Gasteiger partial charge in [-0.25, -0.2) is 12.8 Å². The van der Waals surface area contributed by atoms with E-state index < -0.39 is 15.8 Å². The van der Waals surface area contributed by atoms with Crippen LogP contribution in [0.1, 0.15) is 34.5 Å². The number of nitrogens with one attached hydrogen (secondary N) is 2. The highest BCUT2D eigenvalue weighted by Gasteiger charge is 2.18. The Hall–Kier alpha value is -3.19. The van der Waals surface area contributed by atoms with Crippen LogP contribution in [0.3, 0.4) is 0 Å². The molecule has 0 bridgehead atoms. The molecule has 0 saturated heterocycles. The zero-order valence-electron chi connectivity index (χ0n) is 16.0. The molecule has 0 aromatic heterocycles. The van der Waals surface area contributed by atoms with Crippen molar-refractivity contribution in [3.8, 4) is 0 Å². The number of carbonyl (C=O) groups excluding carboxylic acids is 1. The highest BCUT2D eigenvalue weighted by atomic mass is 32.2. The third-order valence-electron chi connectivity index (χ3n) is 4.51. The van der Waals surface area contributed by atoms with E-state index in [0.29, 0.717) is 0 Å². The lowest BCUT2D eigenvalue weighted by molar-refractivity contribution is 0.0939. The maximum atomic E-state index is 13.0. The van der Waals surface area contributed by atoms with Gasteiger partial charge in [-0.3, -0.25) is 9.52 Å². The second kappa shape index (κ2) is 8.45. The molecule has 0 radical (unpaired) electrons. The molecule has 1 atom stereocenters. The van der Waals surface area contributed by atoms with Crippen LogP contribution in [0.4, 0.5) is 10.1 Å². The van der Waals surface area contributed by atoms with Crippen molar-refractivity contribution < 1.29 is 17.6 Å². The molecule has 1 amide bonds. The van der Waals surface area contributed by atoms with Gasteiger partial charge in [-0.2, -0.15) is 0 Å². The molecule has 2 N–H and O–H groups in total. The molecule has 1 unspecified atom stereocenters. The van der Waals surface area contributed by atoms with Crippen LogP contribution >= 0.6 is 0 Å². The summed E-state index contributed by atoms with van der Waals surface area (Å²) in [5, 5.41) is 2.89. The van der Waals surface area contributed by atoms with E-state index in [4.69, 9.17) is 0 Å². The molecule has 150 valence electrons. The number of anilines is 1. The van der Waals surface area contributed by atoms with Crippen LogP contribution in [0, 0.1) is 12.7 Å². The van der Waals surface area contributed by atoms with E-state index in [1.54, 1.807) is 6.07 Å². The SMILES string of the molecule is Cc1ccccc1C(C)NC(=O)c1cccc(S(=O)(=O)Nc2ccc(F)cc2)c1. The lowest BCUT2D eigenvalue weighted by Crippen LogP contribution is -2.27. The summed E-state index contributed by atoms with van der Waals surface area (Å²) in [5.74, 6) is -0.839. The van der Waals surface area contributed by atoms with Crippen LogP contribution in [0.25, 0.3) is 0 Å². The molecule has 0 spiro atoms. The topological polar surface area (TPSA) is 75.3 Å². The standard InChI is InChI=1S/C22H21FN2O3S/c1-15-6-3-4-9-21(15)16(2)24-22(26)17-7-5-8-20(14-17)29(27,28)25-19-12-10-18(23)11-13-19/h3-14,16,25H,1-2H3,(H,24,26). The second-order valence-electron chi connectivity index (χ2n) is 6.69. The molecule has 3 aromatic rings. The number of halogens is 1. The molecule has 0 aliphatic heterocycles.